The van der Waals surface area contributed by atoms with Gasteiger partial charge in [-0.2, -0.15) is 4.31 Å². The highest BCUT2D eigenvalue weighted by atomic mass is 32.2. The molecule has 1 aliphatic heterocycles. The lowest BCUT2D eigenvalue weighted by Crippen LogP contribution is -2.38. The van der Waals surface area contributed by atoms with Crippen LogP contribution in [0, 0.1) is 0 Å². The maximum atomic E-state index is 12.5. The highest BCUT2D eigenvalue weighted by Crippen LogP contribution is 2.26. The zero-order valence-corrected chi connectivity index (χ0v) is 13.6. The van der Waals surface area contributed by atoms with Crippen LogP contribution in [0.4, 0.5) is 0 Å². The molecule has 1 atom stereocenters. The monoisotopic (exact) mass is 318 g/mol. The van der Waals surface area contributed by atoms with E-state index in [1.807, 2.05) is 0 Å². The number of hydrogen-bond acceptors (Lipinski definition) is 5. The third-order valence-corrected chi connectivity index (χ3v) is 6.79. The van der Waals surface area contributed by atoms with Crippen molar-refractivity contribution < 1.29 is 13.5 Å². The normalized spacial score (nSPS) is 20.9. The van der Waals surface area contributed by atoms with E-state index in [0.29, 0.717) is 28.9 Å². The lowest BCUT2D eigenvalue weighted by molar-refractivity contribution is 0.224. The number of rotatable bonds is 6. The molecular formula is C13H22N2O3S2. The van der Waals surface area contributed by atoms with E-state index >= 15 is 0 Å². The van der Waals surface area contributed by atoms with Gasteiger partial charge in [0.2, 0.25) is 10.0 Å². The SMILES string of the molecule is CCN(CC)C1CCN(S(=O)(=O)c2csc(CO)c2)C1. The number of likely N-dealkylation sites (N-methyl/N-ethyl adjacent to an activating group) is 1. The van der Waals surface area contributed by atoms with Crippen LogP contribution in [0.25, 0.3) is 0 Å². The molecule has 1 aromatic heterocycles. The number of aliphatic hydroxyl groups excluding tert-OH is 1. The minimum atomic E-state index is -3.40. The third-order valence-electron chi connectivity index (χ3n) is 3.88. The van der Waals surface area contributed by atoms with Crippen molar-refractivity contribution in [2.75, 3.05) is 26.2 Å². The fraction of sp³-hybridized carbons (Fsp3) is 0.692. The summed E-state index contributed by atoms with van der Waals surface area (Å²) in [5.41, 5.74) is 0. The van der Waals surface area contributed by atoms with Crippen molar-refractivity contribution >= 4 is 21.4 Å². The molecule has 0 spiro atoms. The van der Waals surface area contributed by atoms with Crippen LogP contribution in [-0.4, -0.2) is 55.0 Å². The Kier molecular flexibility index (Phi) is 5.19. The molecule has 0 aliphatic carbocycles. The van der Waals surface area contributed by atoms with Crippen LogP contribution in [0.2, 0.25) is 0 Å². The van der Waals surface area contributed by atoms with Gasteiger partial charge in [-0.1, -0.05) is 13.8 Å². The first kappa shape index (κ1) is 15.9. The molecule has 0 aromatic carbocycles. The number of nitrogens with zero attached hydrogens (tertiary/aromatic N) is 2. The summed E-state index contributed by atoms with van der Waals surface area (Å²) in [6.07, 6.45) is 0.887. The highest BCUT2D eigenvalue weighted by molar-refractivity contribution is 7.89. The first-order valence-electron chi connectivity index (χ1n) is 6.95. The molecule has 1 aromatic rings. The highest BCUT2D eigenvalue weighted by Gasteiger charge is 2.34. The third kappa shape index (κ3) is 3.07. The van der Waals surface area contributed by atoms with Gasteiger partial charge in [-0.25, -0.2) is 8.42 Å². The van der Waals surface area contributed by atoms with Gasteiger partial charge in [-0.3, -0.25) is 4.90 Å². The minimum absolute atomic E-state index is 0.109. The summed E-state index contributed by atoms with van der Waals surface area (Å²) in [5, 5.41) is 10.7. The smallest absolute Gasteiger partial charge is 0.243 e. The van der Waals surface area contributed by atoms with Crippen LogP contribution in [0.5, 0.6) is 0 Å². The molecule has 5 nitrogen and oxygen atoms in total. The summed E-state index contributed by atoms with van der Waals surface area (Å²) >= 11 is 1.29. The molecular weight excluding hydrogens is 296 g/mol. The van der Waals surface area contributed by atoms with E-state index in [9.17, 15) is 8.42 Å². The number of aliphatic hydroxyl groups is 1. The lowest BCUT2D eigenvalue weighted by atomic mass is 10.2. The first-order valence-corrected chi connectivity index (χ1v) is 9.27. The minimum Gasteiger partial charge on any atom is -0.391 e. The van der Waals surface area contributed by atoms with Crippen molar-refractivity contribution in [2.24, 2.45) is 0 Å². The second-order valence-corrected chi connectivity index (χ2v) is 7.87. The van der Waals surface area contributed by atoms with Crippen LogP contribution in [-0.2, 0) is 16.6 Å². The van der Waals surface area contributed by atoms with Crippen LogP contribution in [0.15, 0.2) is 16.3 Å². The summed E-state index contributed by atoms with van der Waals surface area (Å²) in [7, 11) is -3.40. The molecule has 1 fully saturated rings. The van der Waals surface area contributed by atoms with Crippen molar-refractivity contribution in [1.29, 1.82) is 0 Å². The average Bonchev–Trinajstić information content (AvgIpc) is 3.09. The average molecular weight is 318 g/mol. The van der Waals surface area contributed by atoms with Crippen LogP contribution < -0.4 is 0 Å². The Morgan fingerprint density at radius 2 is 2.15 bits per heavy atom. The number of hydrogen-bond donors (Lipinski definition) is 1. The summed E-state index contributed by atoms with van der Waals surface area (Å²) < 4.78 is 26.7. The van der Waals surface area contributed by atoms with Crippen LogP contribution in [0.1, 0.15) is 25.1 Å². The fourth-order valence-corrected chi connectivity index (χ4v) is 5.31. The van der Waals surface area contributed by atoms with Crippen LogP contribution >= 0.6 is 11.3 Å². The molecule has 0 bridgehead atoms. The van der Waals surface area contributed by atoms with Gasteiger partial charge in [-0.15, -0.1) is 11.3 Å². The molecule has 1 aliphatic rings. The fourth-order valence-electron chi connectivity index (χ4n) is 2.69. The van der Waals surface area contributed by atoms with Crippen molar-refractivity contribution in [1.82, 2.24) is 9.21 Å². The maximum Gasteiger partial charge on any atom is 0.243 e. The lowest BCUT2D eigenvalue weighted by Gasteiger charge is -2.25. The summed E-state index contributed by atoms with van der Waals surface area (Å²) in [4.78, 5) is 3.30. The van der Waals surface area contributed by atoms with Crippen molar-refractivity contribution in [3.63, 3.8) is 0 Å². The zero-order chi connectivity index (χ0) is 14.8. The van der Waals surface area contributed by atoms with Crippen molar-refractivity contribution in [3.8, 4) is 0 Å². The Balaban J connectivity index is 2.12. The van der Waals surface area contributed by atoms with Gasteiger partial charge in [0, 0.05) is 29.4 Å². The van der Waals surface area contributed by atoms with E-state index in [4.69, 9.17) is 5.11 Å². The largest absolute Gasteiger partial charge is 0.391 e. The number of sulfonamides is 1. The summed E-state index contributed by atoms with van der Waals surface area (Å²) in [5.74, 6) is 0. The predicted octanol–water partition coefficient (Wildman–Crippen LogP) is 1.35. The Bertz CT molecular complexity index is 538. The molecule has 2 rings (SSSR count). The number of thiophene rings is 1. The van der Waals surface area contributed by atoms with Gasteiger partial charge in [0.25, 0.3) is 0 Å². The molecule has 114 valence electrons. The Hall–Kier alpha value is -0.470. The molecule has 1 N–H and O–H groups in total. The van der Waals surface area contributed by atoms with E-state index in [1.54, 1.807) is 15.8 Å². The molecule has 0 saturated carbocycles. The van der Waals surface area contributed by atoms with Gasteiger partial charge in [-0.05, 0) is 25.6 Å². The Labute approximate surface area is 124 Å². The quantitative estimate of drug-likeness (QED) is 0.860. The van der Waals surface area contributed by atoms with E-state index in [0.717, 1.165) is 19.5 Å². The summed E-state index contributed by atoms with van der Waals surface area (Å²) in [6, 6.07) is 1.89. The zero-order valence-electron chi connectivity index (χ0n) is 11.9. The van der Waals surface area contributed by atoms with E-state index in [-0.39, 0.29) is 6.61 Å². The molecule has 0 amide bonds. The van der Waals surface area contributed by atoms with Gasteiger partial charge < -0.3 is 5.11 Å². The van der Waals surface area contributed by atoms with Gasteiger partial charge in [0.1, 0.15) is 0 Å². The molecule has 2 heterocycles. The van der Waals surface area contributed by atoms with Gasteiger partial charge in [0.15, 0.2) is 0 Å². The van der Waals surface area contributed by atoms with Gasteiger partial charge >= 0.3 is 0 Å². The van der Waals surface area contributed by atoms with E-state index in [2.05, 4.69) is 18.7 Å². The summed E-state index contributed by atoms with van der Waals surface area (Å²) in [6.45, 7) is 7.13. The molecule has 0 radical (unpaired) electrons. The maximum absolute atomic E-state index is 12.5. The second kappa shape index (κ2) is 6.53. The van der Waals surface area contributed by atoms with E-state index in [1.165, 1.54) is 11.3 Å². The van der Waals surface area contributed by atoms with Crippen LogP contribution in [0.3, 0.4) is 0 Å². The van der Waals surface area contributed by atoms with Gasteiger partial charge in [0.05, 0.1) is 11.5 Å². The molecule has 1 saturated heterocycles. The van der Waals surface area contributed by atoms with Crippen molar-refractivity contribution in [3.05, 3.63) is 16.3 Å². The molecule has 20 heavy (non-hydrogen) atoms. The predicted molar refractivity (Wildman–Crippen MR) is 80.3 cm³/mol. The Morgan fingerprint density at radius 3 is 2.70 bits per heavy atom. The first-order chi connectivity index (χ1) is 9.52. The molecule has 7 heteroatoms. The standard InChI is InChI=1S/C13H22N2O3S2/c1-3-14(4-2)11-5-6-15(8-11)20(17,18)13-7-12(9-16)19-10-13/h7,10-11,16H,3-6,8-9H2,1-2H3. The Morgan fingerprint density at radius 1 is 1.45 bits per heavy atom. The topological polar surface area (TPSA) is 60.9 Å². The van der Waals surface area contributed by atoms with Crippen molar-refractivity contribution in [2.45, 2.75) is 37.8 Å². The molecule has 1 unspecified atom stereocenters. The van der Waals surface area contributed by atoms with E-state index < -0.39 is 10.0 Å². The second-order valence-electron chi connectivity index (χ2n) is 4.93.